The largest absolute Gasteiger partial charge is 0.0991 e. The van der Waals surface area contributed by atoms with Gasteiger partial charge in [-0.15, -0.1) is 0 Å². The lowest BCUT2D eigenvalue weighted by molar-refractivity contribution is 1.26. The van der Waals surface area contributed by atoms with Gasteiger partial charge in [0.05, 0.1) is 0 Å². The third kappa shape index (κ3) is 6.45. The molecule has 0 radical (unpaired) electrons. The molecule has 0 N–H and O–H groups in total. The second-order valence-electron chi connectivity index (χ2n) is 12.4. The summed E-state index contributed by atoms with van der Waals surface area (Å²) in [5.74, 6) is 0. The summed E-state index contributed by atoms with van der Waals surface area (Å²) < 4.78 is 0. The molecule has 1 aliphatic carbocycles. The van der Waals surface area contributed by atoms with E-state index in [1.807, 2.05) is 19.9 Å². The zero-order chi connectivity index (χ0) is 35.2. The molecule has 51 heavy (non-hydrogen) atoms. The van der Waals surface area contributed by atoms with Gasteiger partial charge in [-0.25, -0.2) is 0 Å². The molecule has 0 bridgehead atoms. The lowest BCUT2D eigenvalue weighted by atomic mass is 9.92. The van der Waals surface area contributed by atoms with Crippen LogP contribution in [-0.2, 0) is 6.42 Å². The number of fused-ring (bicyclic) bond motifs is 5. The van der Waals surface area contributed by atoms with Crippen molar-refractivity contribution in [2.45, 2.75) is 27.2 Å². The van der Waals surface area contributed by atoms with Crippen molar-refractivity contribution < 1.29 is 0 Å². The number of hydrogen-bond donors (Lipinski definition) is 0. The molecular formula is C50H43P. The molecule has 0 nitrogen and oxygen atoms in total. The average molecular weight is 675 g/mol. The van der Waals surface area contributed by atoms with Gasteiger partial charge >= 0.3 is 0 Å². The third-order valence-corrected chi connectivity index (χ3v) is 12.3. The second-order valence-corrected chi connectivity index (χ2v) is 14.5. The van der Waals surface area contributed by atoms with Gasteiger partial charge in [0.15, 0.2) is 0 Å². The predicted octanol–water partition coefficient (Wildman–Crippen LogP) is 12.8. The van der Waals surface area contributed by atoms with Crippen LogP contribution in [0.15, 0.2) is 176 Å². The smallest absolute Gasteiger partial charge is 0.000678 e. The molecule has 1 atom stereocenters. The molecule has 248 valence electrons. The highest BCUT2D eigenvalue weighted by Crippen LogP contribution is 2.47. The zero-order valence-corrected chi connectivity index (χ0v) is 30.6. The number of allylic oxidation sites excluding steroid dienone is 5. The Hall–Kier alpha value is -5.55. The summed E-state index contributed by atoms with van der Waals surface area (Å²) >= 11 is 0. The normalized spacial score (nSPS) is 12.7. The standard InChI is InChI=1S/C48H37P.C2H6/c1-3-5-8-21-35-22-13-17-29-46(35)49(47-30-18-16-27-39(47)34-19-9-7-10-20-34)48-40-28-15-12-24-37(40)32-43-41(25-6-4-2)42-31-36-23-11-14-26-38(36)44(42)33-45(43)48;1-2/h3-30,32-33H,2,31H2,1H3;1-2H3/b5-3-,21-8-,25-6-;. The maximum absolute atomic E-state index is 4.05. The van der Waals surface area contributed by atoms with Crippen molar-refractivity contribution >= 4 is 57.5 Å². The molecule has 1 unspecified atom stereocenters. The van der Waals surface area contributed by atoms with Crippen LogP contribution in [0.3, 0.4) is 0 Å². The number of hydrogen-bond acceptors (Lipinski definition) is 0. The van der Waals surface area contributed by atoms with Crippen molar-refractivity contribution in [1.82, 2.24) is 0 Å². The minimum Gasteiger partial charge on any atom is -0.0991 e. The van der Waals surface area contributed by atoms with Gasteiger partial charge in [0.1, 0.15) is 0 Å². The van der Waals surface area contributed by atoms with E-state index in [1.54, 1.807) is 0 Å². The summed E-state index contributed by atoms with van der Waals surface area (Å²) in [6.07, 6.45) is 15.9. The van der Waals surface area contributed by atoms with Crippen molar-refractivity contribution in [2.24, 2.45) is 0 Å². The average Bonchev–Trinajstić information content (AvgIpc) is 3.57. The lowest BCUT2D eigenvalue weighted by Crippen LogP contribution is -2.25. The van der Waals surface area contributed by atoms with Gasteiger partial charge in [-0.2, -0.15) is 0 Å². The van der Waals surface area contributed by atoms with E-state index in [-0.39, 0.29) is 0 Å². The molecule has 0 heterocycles. The van der Waals surface area contributed by atoms with Crippen LogP contribution in [-0.4, -0.2) is 0 Å². The van der Waals surface area contributed by atoms with E-state index >= 15 is 0 Å². The van der Waals surface area contributed by atoms with Crippen molar-refractivity contribution in [3.8, 4) is 22.3 Å². The Labute approximate surface area is 304 Å². The molecule has 0 fully saturated rings. The van der Waals surface area contributed by atoms with E-state index in [4.69, 9.17) is 0 Å². The molecule has 7 aromatic rings. The fraction of sp³-hybridized carbons (Fsp3) is 0.0800. The summed E-state index contributed by atoms with van der Waals surface area (Å²) in [4.78, 5) is 0. The highest BCUT2D eigenvalue weighted by Gasteiger charge is 2.29. The number of benzene rings is 7. The van der Waals surface area contributed by atoms with Gasteiger partial charge in [-0.3, -0.25) is 0 Å². The SMILES string of the molecule is C=C/C=C\c1c2c(cc3c(P(c4ccccc4/C=C\C=C/C)c4ccccc4-c4ccccc4)c4ccccc4cc13)-c1ccccc1C2.CC. The van der Waals surface area contributed by atoms with Gasteiger partial charge in [0.25, 0.3) is 0 Å². The van der Waals surface area contributed by atoms with Gasteiger partial charge in [-0.05, 0) is 110 Å². The van der Waals surface area contributed by atoms with Gasteiger partial charge in [-0.1, -0.05) is 190 Å². The fourth-order valence-corrected chi connectivity index (χ4v) is 10.3. The Balaban J connectivity index is 0.00000200. The Morgan fingerprint density at radius 2 is 1.25 bits per heavy atom. The maximum atomic E-state index is 4.05. The lowest BCUT2D eigenvalue weighted by Gasteiger charge is -2.28. The minimum atomic E-state index is -1.05. The molecular weight excluding hydrogens is 632 g/mol. The summed E-state index contributed by atoms with van der Waals surface area (Å²) in [5, 5.41) is 9.30. The van der Waals surface area contributed by atoms with Crippen LogP contribution in [0.25, 0.3) is 56.0 Å². The Morgan fingerprint density at radius 1 is 0.569 bits per heavy atom. The molecule has 8 rings (SSSR count). The Kier molecular flexibility index (Phi) is 10.3. The summed E-state index contributed by atoms with van der Waals surface area (Å²) in [5.41, 5.74) is 10.5. The maximum Gasteiger partial charge on any atom is 0.000678 e. The fourth-order valence-electron chi connectivity index (χ4n) is 7.41. The van der Waals surface area contributed by atoms with Gasteiger partial charge in [0.2, 0.25) is 0 Å². The molecule has 0 amide bonds. The van der Waals surface area contributed by atoms with E-state index in [2.05, 4.69) is 189 Å². The number of rotatable bonds is 8. The van der Waals surface area contributed by atoms with Crippen LogP contribution < -0.4 is 15.9 Å². The van der Waals surface area contributed by atoms with Crippen LogP contribution in [0.4, 0.5) is 0 Å². The molecule has 7 aromatic carbocycles. The van der Waals surface area contributed by atoms with Crippen LogP contribution in [0, 0.1) is 0 Å². The van der Waals surface area contributed by atoms with Gasteiger partial charge in [0, 0.05) is 5.30 Å². The minimum absolute atomic E-state index is 0.935. The highest BCUT2D eigenvalue weighted by atomic mass is 31.1. The van der Waals surface area contributed by atoms with Crippen LogP contribution in [0.5, 0.6) is 0 Å². The molecule has 0 aromatic heterocycles. The first-order valence-corrected chi connectivity index (χ1v) is 19.3. The van der Waals surface area contributed by atoms with Gasteiger partial charge < -0.3 is 0 Å². The van der Waals surface area contributed by atoms with E-state index < -0.39 is 7.92 Å². The predicted molar refractivity (Wildman–Crippen MR) is 228 cm³/mol. The molecule has 0 aliphatic heterocycles. The summed E-state index contributed by atoms with van der Waals surface area (Å²) in [7, 11) is -1.05. The first kappa shape index (κ1) is 33.9. The van der Waals surface area contributed by atoms with Crippen LogP contribution >= 0.6 is 7.92 Å². The first-order chi connectivity index (χ1) is 25.3. The quantitative estimate of drug-likeness (QED) is 0.0855. The zero-order valence-electron chi connectivity index (χ0n) is 29.7. The van der Waals surface area contributed by atoms with Crippen molar-refractivity contribution in [1.29, 1.82) is 0 Å². The molecule has 0 saturated carbocycles. The summed E-state index contributed by atoms with van der Waals surface area (Å²) in [6.45, 7) is 10.1. The van der Waals surface area contributed by atoms with E-state index in [9.17, 15) is 0 Å². The molecule has 0 saturated heterocycles. The second kappa shape index (κ2) is 15.6. The molecule has 1 heteroatoms. The van der Waals surface area contributed by atoms with E-state index in [1.165, 1.54) is 82.0 Å². The topological polar surface area (TPSA) is 0 Å². The van der Waals surface area contributed by atoms with Crippen molar-refractivity contribution in [2.75, 3.05) is 0 Å². The first-order valence-electron chi connectivity index (χ1n) is 18.0. The van der Waals surface area contributed by atoms with Crippen molar-refractivity contribution in [3.63, 3.8) is 0 Å². The Bertz CT molecular complexity index is 2440. The van der Waals surface area contributed by atoms with Crippen LogP contribution in [0.1, 0.15) is 43.0 Å². The Morgan fingerprint density at radius 3 is 2.06 bits per heavy atom. The third-order valence-electron chi connectivity index (χ3n) is 9.57. The van der Waals surface area contributed by atoms with Crippen molar-refractivity contribution in [3.05, 3.63) is 199 Å². The highest BCUT2D eigenvalue weighted by molar-refractivity contribution is 7.81. The van der Waals surface area contributed by atoms with E-state index in [0.29, 0.717) is 0 Å². The van der Waals surface area contributed by atoms with Crippen LogP contribution in [0.2, 0.25) is 0 Å². The van der Waals surface area contributed by atoms with E-state index in [0.717, 1.165) is 6.42 Å². The monoisotopic (exact) mass is 674 g/mol. The molecule has 0 spiro atoms. The summed E-state index contributed by atoms with van der Waals surface area (Å²) in [6, 6.07) is 51.8. The molecule has 1 aliphatic rings.